The first-order valence-corrected chi connectivity index (χ1v) is 6.85. The third-order valence-corrected chi connectivity index (χ3v) is 3.65. The Balaban J connectivity index is 1.44. The largest absolute Gasteiger partial charge is 0.389 e. The Bertz CT molecular complexity index is 213. The van der Waals surface area contributed by atoms with Crippen molar-refractivity contribution in [2.24, 2.45) is 5.92 Å². The molecule has 2 fully saturated rings. The van der Waals surface area contributed by atoms with E-state index in [-0.39, 0.29) is 6.10 Å². The summed E-state index contributed by atoms with van der Waals surface area (Å²) in [6.07, 6.45) is 4.56. The third kappa shape index (κ3) is 4.54. The molecule has 1 saturated carbocycles. The van der Waals surface area contributed by atoms with Gasteiger partial charge in [-0.15, -0.1) is 0 Å². The van der Waals surface area contributed by atoms with Crippen LogP contribution in [0.5, 0.6) is 0 Å². The van der Waals surface area contributed by atoms with E-state index in [1.807, 2.05) is 0 Å². The van der Waals surface area contributed by atoms with Gasteiger partial charge >= 0.3 is 0 Å². The minimum absolute atomic E-state index is 0.252. The summed E-state index contributed by atoms with van der Waals surface area (Å²) in [4.78, 5) is 0. The van der Waals surface area contributed by atoms with Crippen LogP contribution in [-0.4, -0.2) is 49.7 Å². The molecular weight excluding hydrogens is 218 g/mol. The molecule has 0 radical (unpaired) electrons. The predicted octanol–water partition coefficient (Wildman–Crippen LogP) is 0.931. The van der Waals surface area contributed by atoms with E-state index in [4.69, 9.17) is 9.47 Å². The summed E-state index contributed by atoms with van der Waals surface area (Å²) in [5, 5.41) is 13.1. The van der Waals surface area contributed by atoms with Gasteiger partial charge in [0.25, 0.3) is 0 Å². The fourth-order valence-electron chi connectivity index (χ4n) is 2.54. The average molecular weight is 243 g/mol. The first-order chi connectivity index (χ1) is 8.24. The van der Waals surface area contributed by atoms with E-state index >= 15 is 0 Å². The number of ether oxygens (including phenoxy) is 2. The average Bonchev–Trinajstić information content (AvgIpc) is 2.76. The van der Waals surface area contributed by atoms with Crippen molar-refractivity contribution < 1.29 is 14.6 Å². The van der Waals surface area contributed by atoms with Gasteiger partial charge in [0.05, 0.1) is 25.4 Å². The molecule has 17 heavy (non-hydrogen) atoms. The first kappa shape index (κ1) is 13.3. The first-order valence-electron chi connectivity index (χ1n) is 6.85. The summed E-state index contributed by atoms with van der Waals surface area (Å²) < 4.78 is 10.9. The summed E-state index contributed by atoms with van der Waals surface area (Å²) in [6, 6.07) is 0.609. The molecule has 100 valence electrons. The van der Waals surface area contributed by atoms with Crippen LogP contribution in [0.15, 0.2) is 0 Å². The van der Waals surface area contributed by atoms with E-state index in [9.17, 15) is 5.11 Å². The summed E-state index contributed by atoms with van der Waals surface area (Å²) in [6.45, 7) is 4.80. The second-order valence-electron chi connectivity index (χ2n) is 5.51. The van der Waals surface area contributed by atoms with Gasteiger partial charge in [0, 0.05) is 19.2 Å². The smallest absolute Gasteiger partial charge is 0.0897 e. The van der Waals surface area contributed by atoms with E-state index in [1.54, 1.807) is 0 Å². The molecule has 1 aliphatic heterocycles. The van der Waals surface area contributed by atoms with Crippen molar-refractivity contribution in [2.45, 2.75) is 50.9 Å². The fourth-order valence-corrected chi connectivity index (χ4v) is 2.54. The molecule has 0 spiro atoms. The van der Waals surface area contributed by atoms with Crippen LogP contribution in [0.2, 0.25) is 0 Å². The van der Waals surface area contributed by atoms with Gasteiger partial charge < -0.3 is 19.9 Å². The molecular formula is C13H25NO3. The Morgan fingerprint density at radius 1 is 1.47 bits per heavy atom. The lowest BCUT2D eigenvalue weighted by Gasteiger charge is -2.34. The highest BCUT2D eigenvalue weighted by atomic mass is 16.5. The topological polar surface area (TPSA) is 50.7 Å². The Morgan fingerprint density at radius 2 is 2.29 bits per heavy atom. The second-order valence-corrected chi connectivity index (χ2v) is 5.51. The van der Waals surface area contributed by atoms with Gasteiger partial charge in [0.1, 0.15) is 0 Å². The van der Waals surface area contributed by atoms with Crippen LogP contribution in [0.3, 0.4) is 0 Å². The maximum atomic E-state index is 9.73. The van der Waals surface area contributed by atoms with Crippen molar-refractivity contribution in [1.82, 2.24) is 5.32 Å². The van der Waals surface area contributed by atoms with E-state index < -0.39 is 6.10 Å². The minimum Gasteiger partial charge on any atom is -0.389 e. The van der Waals surface area contributed by atoms with E-state index in [2.05, 4.69) is 12.2 Å². The maximum Gasteiger partial charge on any atom is 0.0897 e. The van der Waals surface area contributed by atoms with Crippen molar-refractivity contribution >= 4 is 0 Å². The Kier molecular flexibility index (Phi) is 5.22. The summed E-state index contributed by atoms with van der Waals surface area (Å²) >= 11 is 0. The molecule has 0 aromatic rings. The molecule has 1 aliphatic carbocycles. The lowest BCUT2D eigenvalue weighted by Crippen LogP contribution is -2.44. The van der Waals surface area contributed by atoms with Gasteiger partial charge in [0.15, 0.2) is 0 Å². The fraction of sp³-hybridized carbons (Fsp3) is 1.00. The Labute approximate surface area is 104 Å². The quantitative estimate of drug-likeness (QED) is 0.698. The zero-order valence-electron chi connectivity index (χ0n) is 10.7. The number of aliphatic hydroxyl groups is 1. The van der Waals surface area contributed by atoms with Crippen LogP contribution in [0.4, 0.5) is 0 Å². The molecule has 0 bridgehead atoms. The Morgan fingerprint density at radius 3 is 2.94 bits per heavy atom. The molecule has 0 amide bonds. The van der Waals surface area contributed by atoms with Gasteiger partial charge in [0.2, 0.25) is 0 Å². The van der Waals surface area contributed by atoms with Crippen molar-refractivity contribution in [3.8, 4) is 0 Å². The Hall–Kier alpha value is -0.160. The van der Waals surface area contributed by atoms with Gasteiger partial charge in [-0.25, -0.2) is 0 Å². The van der Waals surface area contributed by atoms with Gasteiger partial charge in [-0.05, 0) is 31.6 Å². The molecule has 2 aliphatic rings. The highest BCUT2D eigenvalue weighted by Gasteiger charge is 2.25. The highest BCUT2D eigenvalue weighted by molar-refractivity contribution is 4.82. The zero-order chi connectivity index (χ0) is 12.1. The molecule has 2 rings (SSSR count). The highest BCUT2D eigenvalue weighted by Crippen LogP contribution is 2.25. The van der Waals surface area contributed by atoms with Gasteiger partial charge in [-0.2, -0.15) is 0 Å². The molecule has 4 heteroatoms. The second kappa shape index (κ2) is 6.69. The molecule has 0 aromatic heterocycles. The number of rotatable bonds is 7. The number of nitrogens with one attached hydrogen (secondary N) is 1. The number of aliphatic hydroxyl groups excluding tert-OH is 1. The maximum absolute atomic E-state index is 9.73. The predicted molar refractivity (Wildman–Crippen MR) is 66.0 cm³/mol. The van der Waals surface area contributed by atoms with E-state index in [0.29, 0.717) is 25.8 Å². The lowest BCUT2D eigenvalue weighted by atomic mass is 9.82. The van der Waals surface area contributed by atoms with Crippen LogP contribution in [0.1, 0.15) is 32.6 Å². The van der Waals surface area contributed by atoms with Gasteiger partial charge in [-0.1, -0.05) is 6.92 Å². The van der Waals surface area contributed by atoms with Gasteiger partial charge in [-0.3, -0.25) is 0 Å². The monoisotopic (exact) mass is 243 g/mol. The van der Waals surface area contributed by atoms with Crippen molar-refractivity contribution in [2.75, 3.05) is 26.4 Å². The molecule has 2 atom stereocenters. The van der Waals surface area contributed by atoms with Crippen LogP contribution in [0.25, 0.3) is 0 Å². The lowest BCUT2D eigenvalue weighted by molar-refractivity contribution is -0.0178. The molecule has 1 heterocycles. The molecule has 1 saturated heterocycles. The van der Waals surface area contributed by atoms with Crippen LogP contribution in [-0.2, 0) is 9.47 Å². The molecule has 4 nitrogen and oxygen atoms in total. The molecule has 2 unspecified atom stereocenters. The number of hydrogen-bond donors (Lipinski definition) is 2. The van der Waals surface area contributed by atoms with Crippen LogP contribution >= 0.6 is 0 Å². The zero-order valence-corrected chi connectivity index (χ0v) is 10.7. The van der Waals surface area contributed by atoms with Crippen molar-refractivity contribution in [3.05, 3.63) is 0 Å². The van der Waals surface area contributed by atoms with Crippen molar-refractivity contribution in [1.29, 1.82) is 0 Å². The standard InChI is InChI=1S/C13H25NO3/c1-10-5-11(6-10)14-7-12(15)8-16-9-13-3-2-4-17-13/h10-15H,2-9H2,1H3. The van der Waals surface area contributed by atoms with Crippen LogP contribution < -0.4 is 5.32 Å². The molecule has 2 N–H and O–H groups in total. The van der Waals surface area contributed by atoms with Crippen molar-refractivity contribution in [3.63, 3.8) is 0 Å². The third-order valence-electron chi connectivity index (χ3n) is 3.65. The number of hydrogen-bond acceptors (Lipinski definition) is 4. The van der Waals surface area contributed by atoms with Crippen LogP contribution in [0, 0.1) is 5.92 Å². The van der Waals surface area contributed by atoms with E-state index in [0.717, 1.165) is 25.4 Å². The molecule has 0 aromatic carbocycles. The normalized spacial score (nSPS) is 34.6. The van der Waals surface area contributed by atoms with E-state index in [1.165, 1.54) is 12.8 Å². The SMILES string of the molecule is CC1CC(NCC(O)COCC2CCCO2)C1. The summed E-state index contributed by atoms with van der Waals surface area (Å²) in [5.41, 5.74) is 0. The summed E-state index contributed by atoms with van der Waals surface area (Å²) in [7, 11) is 0. The minimum atomic E-state index is -0.396. The summed E-state index contributed by atoms with van der Waals surface area (Å²) in [5.74, 6) is 0.848.